The van der Waals surface area contributed by atoms with E-state index in [0.717, 1.165) is 0 Å². The number of fused-ring (bicyclic) bond motifs is 1. The number of rotatable bonds is 9. The van der Waals surface area contributed by atoms with Crippen LogP contribution in [0.2, 0.25) is 13.3 Å². The Bertz CT molecular complexity index is 372. The van der Waals surface area contributed by atoms with E-state index in [1.165, 1.54) is 77.5 Å². The molecule has 126 valence electrons. The number of ether oxygens (including phenoxy) is 1. The van der Waals surface area contributed by atoms with Gasteiger partial charge in [0.05, 0.1) is 0 Å². The third-order valence-electron chi connectivity index (χ3n) is 5.65. The van der Waals surface area contributed by atoms with Crippen LogP contribution in [0.15, 0.2) is 0 Å². The van der Waals surface area contributed by atoms with Crippen LogP contribution in [0, 0.1) is 9.86 Å². The molecular formula is C20H36OSn. The topological polar surface area (TPSA) is 12.5 Å². The summed E-state index contributed by atoms with van der Waals surface area (Å²) in [4.78, 5) is 0. The minimum absolute atomic E-state index is 0.0328. The maximum atomic E-state index is 6.03. The van der Waals surface area contributed by atoms with Crippen molar-refractivity contribution in [1.82, 2.24) is 0 Å². The van der Waals surface area contributed by atoms with E-state index < -0.39 is 18.4 Å². The predicted molar refractivity (Wildman–Crippen MR) is 98.7 cm³/mol. The van der Waals surface area contributed by atoms with Gasteiger partial charge in [0.2, 0.25) is 0 Å². The molecule has 0 N–H and O–H groups in total. The van der Waals surface area contributed by atoms with Crippen LogP contribution in [0.1, 0.15) is 85.0 Å². The fourth-order valence-electron chi connectivity index (χ4n) is 3.97. The maximum absolute atomic E-state index is 6.03. The molecule has 0 amide bonds. The Morgan fingerprint density at radius 2 is 1.55 bits per heavy atom. The van der Waals surface area contributed by atoms with E-state index in [1.807, 2.05) is 0 Å². The zero-order valence-electron chi connectivity index (χ0n) is 15.2. The van der Waals surface area contributed by atoms with Crippen LogP contribution in [-0.4, -0.2) is 30.1 Å². The molecular weight excluding hydrogens is 375 g/mol. The van der Waals surface area contributed by atoms with E-state index in [2.05, 4.69) is 30.6 Å². The summed E-state index contributed by atoms with van der Waals surface area (Å²) in [6, 6.07) is 0. The van der Waals surface area contributed by atoms with E-state index in [1.54, 1.807) is 0 Å². The Morgan fingerprint density at radius 1 is 0.955 bits per heavy atom. The molecule has 0 aromatic carbocycles. The molecule has 0 bridgehead atoms. The molecule has 1 aliphatic carbocycles. The molecule has 2 aliphatic rings. The molecule has 1 saturated carbocycles. The summed E-state index contributed by atoms with van der Waals surface area (Å²) in [6.07, 6.45) is 13.9. The van der Waals surface area contributed by atoms with E-state index in [-0.39, 0.29) is 5.60 Å². The molecule has 0 spiro atoms. The molecule has 2 atom stereocenters. The van der Waals surface area contributed by atoms with Crippen molar-refractivity contribution in [1.29, 1.82) is 0 Å². The van der Waals surface area contributed by atoms with Crippen LogP contribution in [-0.2, 0) is 4.74 Å². The van der Waals surface area contributed by atoms with Gasteiger partial charge in [-0.2, -0.15) is 0 Å². The molecule has 1 saturated heterocycles. The monoisotopic (exact) mass is 412 g/mol. The van der Waals surface area contributed by atoms with Gasteiger partial charge in [0.1, 0.15) is 0 Å². The molecule has 0 aromatic heterocycles. The van der Waals surface area contributed by atoms with Gasteiger partial charge in [0.25, 0.3) is 0 Å². The second-order valence-electron chi connectivity index (χ2n) is 7.58. The zero-order valence-corrected chi connectivity index (χ0v) is 18.0. The predicted octanol–water partition coefficient (Wildman–Crippen LogP) is 6.09. The van der Waals surface area contributed by atoms with E-state index in [0.29, 0.717) is 6.10 Å². The van der Waals surface area contributed by atoms with Gasteiger partial charge in [-0.1, -0.05) is 0 Å². The minimum atomic E-state index is -2.26. The summed E-state index contributed by atoms with van der Waals surface area (Å²) in [5.41, 5.74) is 0.0328. The molecule has 1 heterocycles. The van der Waals surface area contributed by atoms with Crippen LogP contribution in [0.3, 0.4) is 0 Å². The Morgan fingerprint density at radius 3 is 2.05 bits per heavy atom. The molecule has 0 aromatic rings. The van der Waals surface area contributed by atoms with Crippen molar-refractivity contribution < 1.29 is 4.74 Å². The summed E-state index contributed by atoms with van der Waals surface area (Å²) in [5.74, 6) is 3.76. The van der Waals surface area contributed by atoms with Crippen molar-refractivity contribution in [2.45, 2.75) is 110 Å². The Balaban J connectivity index is 2.10. The first-order valence-corrected chi connectivity index (χ1v) is 17.4. The van der Waals surface area contributed by atoms with Gasteiger partial charge in [0, 0.05) is 0 Å². The van der Waals surface area contributed by atoms with Crippen molar-refractivity contribution in [3.05, 3.63) is 0 Å². The van der Waals surface area contributed by atoms with Crippen molar-refractivity contribution in [2.24, 2.45) is 0 Å². The van der Waals surface area contributed by atoms with Crippen LogP contribution < -0.4 is 0 Å². The number of epoxide rings is 1. The fraction of sp³-hybridized carbons (Fsp3) is 0.900. The van der Waals surface area contributed by atoms with E-state index in [4.69, 9.17) is 4.74 Å². The van der Waals surface area contributed by atoms with Gasteiger partial charge >= 0.3 is 143 Å². The van der Waals surface area contributed by atoms with E-state index >= 15 is 0 Å². The molecule has 0 radical (unpaired) electrons. The second kappa shape index (κ2) is 8.97. The van der Waals surface area contributed by atoms with Gasteiger partial charge in [-0.05, 0) is 0 Å². The third kappa shape index (κ3) is 4.91. The van der Waals surface area contributed by atoms with Gasteiger partial charge in [-0.15, -0.1) is 0 Å². The first-order chi connectivity index (χ1) is 10.7. The van der Waals surface area contributed by atoms with E-state index in [9.17, 15) is 0 Å². The number of unbranched alkanes of at least 4 members (excludes halogenated alkanes) is 3. The van der Waals surface area contributed by atoms with Crippen LogP contribution in [0.25, 0.3) is 0 Å². The van der Waals surface area contributed by atoms with Gasteiger partial charge < -0.3 is 0 Å². The second-order valence-corrected chi connectivity index (χ2v) is 19.9. The summed E-state index contributed by atoms with van der Waals surface area (Å²) in [5, 5.41) is 0. The van der Waals surface area contributed by atoms with Gasteiger partial charge in [-0.25, -0.2) is 0 Å². The Labute approximate surface area is 142 Å². The van der Waals surface area contributed by atoms with Crippen molar-refractivity contribution >= 4 is 18.4 Å². The SMILES string of the molecule is CCC[CH2][Sn]([C]#C[C@@]12CCCC[C@H]1O2)([CH2]CCC)[CH2]CCC. The molecule has 2 fully saturated rings. The van der Waals surface area contributed by atoms with Gasteiger partial charge in [0.15, 0.2) is 0 Å². The van der Waals surface area contributed by atoms with Crippen LogP contribution in [0.5, 0.6) is 0 Å². The average molecular weight is 411 g/mol. The molecule has 0 unspecified atom stereocenters. The first kappa shape index (κ1) is 18.7. The molecule has 2 heteroatoms. The fourth-order valence-corrected chi connectivity index (χ4v) is 17.4. The average Bonchev–Trinajstić information content (AvgIpc) is 3.28. The summed E-state index contributed by atoms with van der Waals surface area (Å²) in [6.45, 7) is 7.01. The van der Waals surface area contributed by atoms with Crippen molar-refractivity contribution in [3.8, 4) is 9.86 Å². The zero-order chi connectivity index (χ0) is 15.9. The first-order valence-electron chi connectivity index (χ1n) is 9.92. The summed E-state index contributed by atoms with van der Waals surface area (Å²) < 4.78 is 14.6. The van der Waals surface area contributed by atoms with Crippen molar-refractivity contribution in [2.75, 3.05) is 0 Å². The van der Waals surface area contributed by atoms with Crippen LogP contribution >= 0.6 is 0 Å². The van der Waals surface area contributed by atoms with Crippen LogP contribution in [0.4, 0.5) is 0 Å². The molecule has 1 aliphatic heterocycles. The Kier molecular flexibility index (Phi) is 7.61. The summed E-state index contributed by atoms with van der Waals surface area (Å²) in [7, 11) is 0. The number of hydrogen-bond donors (Lipinski definition) is 0. The summed E-state index contributed by atoms with van der Waals surface area (Å²) >= 11 is -2.26. The van der Waals surface area contributed by atoms with Gasteiger partial charge in [-0.3, -0.25) is 0 Å². The third-order valence-corrected chi connectivity index (χ3v) is 18.7. The molecule has 22 heavy (non-hydrogen) atoms. The standard InChI is InChI=1S/C8H9O.3C4H9.Sn/c1-2-8-6-4-3-5-7(8)9-8;3*1-3-4-2;/h7H,3-6H2;3*1,3-4H2,2H3;/t7-,8-;;;;/m1..../s1. The quantitative estimate of drug-likeness (QED) is 0.254. The molecule has 1 nitrogen and oxygen atoms in total. The normalized spacial score (nSPS) is 27.0. The molecule has 2 rings (SSSR count). The Hall–Kier alpha value is 0.319. The van der Waals surface area contributed by atoms with Crippen molar-refractivity contribution in [3.63, 3.8) is 0 Å². The number of hydrogen-bond acceptors (Lipinski definition) is 1.